The SMILES string of the molecule is CC(CCl)N(C)c1ccccc1S(C)(=O)=O. The summed E-state index contributed by atoms with van der Waals surface area (Å²) in [4.78, 5) is 2.22. The number of benzene rings is 1. The summed E-state index contributed by atoms with van der Waals surface area (Å²) in [6, 6.07) is 7.03. The highest BCUT2D eigenvalue weighted by Gasteiger charge is 2.17. The fraction of sp³-hybridized carbons (Fsp3) is 0.455. The van der Waals surface area contributed by atoms with Gasteiger partial charge in [0.25, 0.3) is 0 Å². The predicted octanol–water partition coefficient (Wildman–Crippen LogP) is 2.15. The fourth-order valence-electron chi connectivity index (χ4n) is 1.40. The van der Waals surface area contributed by atoms with Crippen LogP contribution in [0.15, 0.2) is 29.2 Å². The van der Waals surface area contributed by atoms with Gasteiger partial charge in [0.2, 0.25) is 0 Å². The lowest BCUT2D eigenvalue weighted by atomic mass is 10.2. The minimum atomic E-state index is -3.20. The summed E-state index contributed by atoms with van der Waals surface area (Å²) in [5, 5.41) is 0. The van der Waals surface area contributed by atoms with E-state index in [1.165, 1.54) is 6.26 Å². The Hall–Kier alpha value is -0.740. The van der Waals surface area contributed by atoms with Crippen molar-refractivity contribution in [3.8, 4) is 0 Å². The number of hydrogen-bond acceptors (Lipinski definition) is 3. The average molecular weight is 262 g/mol. The van der Waals surface area contributed by atoms with Crippen molar-refractivity contribution in [1.29, 1.82) is 0 Å². The maximum absolute atomic E-state index is 11.6. The molecule has 1 atom stereocenters. The van der Waals surface area contributed by atoms with Crippen molar-refractivity contribution in [2.75, 3.05) is 24.1 Å². The first-order chi connectivity index (χ1) is 7.38. The molecule has 3 nitrogen and oxygen atoms in total. The molecule has 0 amide bonds. The summed E-state index contributed by atoms with van der Waals surface area (Å²) in [6.07, 6.45) is 1.21. The van der Waals surface area contributed by atoms with Crippen molar-refractivity contribution in [2.45, 2.75) is 17.9 Å². The lowest BCUT2D eigenvalue weighted by Gasteiger charge is -2.27. The Kier molecular flexibility index (Phi) is 4.21. The summed E-state index contributed by atoms with van der Waals surface area (Å²) in [5.41, 5.74) is 0.693. The van der Waals surface area contributed by atoms with Crippen molar-refractivity contribution >= 4 is 27.1 Å². The lowest BCUT2D eigenvalue weighted by Crippen LogP contribution is -2.31. The Morgan fingerprint density at radius 2 is 1.94 bits per heavy atom. The molecule has 1 aromatic rings. The second kappa shape index (κ2) is 5.06. The van der Waals surface area contributed by atoms with Crippen LogP contribution >= 0.6 is 11.6 Å². The molecular weight excluding hydrogens is 246 g/mol. The van der Waals surface area contributed by atoms with E-state index >= 15 is 0 Å². The maximum Gasteiger partial charge on any atom is 0.177 e. The number of halogens is 1. The van der Waals surface area contributed by atoms with Gasteiger partial charge in [0.05, 0.1) is 10.6 Å². The van der Waals surface area contributed by atoms with Crippen LogP contribution in [0.3, 0.4) is 0 Å². The van der Waals surface area contributed by atoms with Gasteiger partial charge in [-0.3, -0.25) is 0 Å². The zero-order valence-electron chi connectivity index (χ0n) is 9.64. The van der Waals surface area contributed by atoms with Crippen LogP contribution in [-0.2, 0) is 9.84 Å². The third kappa shape index (κ3) is 2.89. The van der Waals surface area contributed by atoms with E-state index < -0.39 is 9.84 Å². The van der Waals surface area contributed by atoms with Crippen LogP contribution in [0.4, 0.5) is 5.69 Å². The van der Waals surface area contributed by atoms with E-state index in [0.29, 0.717) is 16.5 Å². The van der Waals surface area contributed by atoms with Gasteiger partial charge in [0.1, 0.15) is 0 Å². The maximum atomic E-state index is 11.6. The van der Waals surface area contributed by atoms with Gasteiger partial charge in [-0.05, 0) is 19.1 Å². The highest BCUT2D eigenvalue weighted by molar-refractivity contribution is 7.90. The molecule has 0 heterocycles. The van der Waals surface area contributed by atoms with Crippen molar-refractivity contribution in [2.24, 2.45) is 0 Å². The number of para-hydroxylation sites is 1. The Morgan fingerprint density at radius 3 is 2.44 bits per heavy atom. The van der Waals surface area contributed by atoms with Gasteiger partial charge < -0.3 is 4.90 Å². The zero-order chi connectivity index (χ0) is 12.3. The fourth-order valence-corrected chi connectivity index (χ4v) is 2.53. The number of alkyl halides is 1. The van der Waals surface area contributed by atoms with E-state index in [2.05, 4.69) is 0 Å². The third-order valence-corrected chi connectivity index (χ3v) is 4.12. The number of anilines is 1. The minimum Gasteiger partial charge on any atom is -0.370 e. The molecule has 0 radical (unpaired) electrons. The molecule has 90 valence electrons. The standard InChI is InChI=1S/C11H16ClNO2S/c1-9(8-12)13(2)10-6-4-5-7-11(10)16(3,14)15/h4-7,9H,8H2,1-3H3. The summed E-state index contributed by atoms with van der Waals surface area (Å²) in [7, 11) is -1.36. The van der Waals surface area contributed by atoms with Gasteiger partial charge in [0.15, 0.2) is 9.84 Å². The van der Waals surface area contributed by atoms with Crippen LogP contribution < -0.4 is 4.90 Å². The molecule has 0 aliphatic rings. The first-order valence-corrected chi connectivity index (χ1v) is 7.38. The number of hydrogen-bond donors (Lipinski definition) is 0. The zero-order valence-corrected chi connectivity index (χ0v) is 11.2. The molecule has 0 fully saturated rings. The molecule has 0 saturated carbocycles. The molecule has 5 heteroatoms. The largest absolute Gasteiger partial charge is 0.370 e. The first kappa shape index (κ1) is 13.3. The monoisotopic (exact) mass is 261 g/mol. The van der Waals surface area contributed by atoms with Gasteiger partial charge in [-0.1, -0.05) is 12.1 Å². The smallest absolute Gasteiger partial charge is 0.177 e. The lowest BCUT2D eigenvalue weighted by molar-refractivity contribution is 0.601. The molecular formula is C11H16ClNO2S. The highest BCUT2D eigenvalue weighted by Crippen LogP contribution is 2.25. The molecule has 1 unspecified atom stereocenters. The number of nitrogens with zero attached hydrogens (tertiary/aromatic N) is 1. The molecule has 0 aliphatic carbocycles. The quantitative estimate of drug-likeness (QED) is 0.780. The minimum absolute atomic E-state index is 0.0876. The van der Waals surface area contributed by atoms with Gasteiger partial charge >= 0.3 is 0 Å². The normalized spacial score (nSPS) is 13.5. The van der Waals surface area contributed by atoms with Crippen LogP contribution in [0.1, 0.15) is 6.92 Å². The molecule has 0 aromatic heterocycles. The van der Waals surface area contributed by atoms with Gasteiger partial charge in [-0.15, -0.1) is 11.6 Å². The van der Waals surface area contributed by atoms with E-state index in [-0.39, 0.29) is 6.04 Å². The van der Waals surface area contributed by atoms with Crippen LogP contribution in [0, 0.1) is 0 Å². The van der Waals surface area contributed by atoms with E-state index in [0.717, 1.165) is 0 Å². The molecule has 0 saturated heterocycles. The molecule has 0 N–H and O–H groups in total. The summed E-state index contributed by atoms with van der Waals surface area (Å²) in [5.74, 6) is 0.453. The van der Waals surface area contributed by atoms with Crippen molar-refractivity contribution in [3.05, 3.63) is 24.3 Å². The molecule has 16 heavy (non-hydrogen) atoms. The van der Waals surface area contributed by atoms with Crippen LogP contribution in [0.2, 0.25) is 0 Å². The van der Waals surface area contributed by atoms with Crippen LogP contribution in [0.5, 0.6) is 0 Å². The second-order valence-electron chi connectivity index (χ2n) is 3.85. The van der Waals surface area contributed by atoms with E-state index in [1.807, 2.05) is 24.9 Å². The number of rotatable bonds is 4. The second-order valence-corrected chi connectivity index (χ2v) is 6.15. The Labute approximate surface area is 102 Å². The Bertz CT molecular complexity index is 459. The van der Waals surface area contributed by atoms with Crippen molar-refractivity contribution in [3.63, 3.8) is 0 Å². The summed E-state index contributed by atoms with van der Waals surface area (Å²) in [6.45, 7) is 1.95. The van der Waals surface area contributed by atoms with Crippen molar-refractivity contribution < 1.29 is 8.42 Å². The molecule has 0 spiro atoms. The van der Waals surface area contributed by atoms with Crippen molar-refractivity contribution in [1.82, 2.24) is 0 Å². The van der Waals surface area contributed by atoms with Crippen LogP contribution in [0.25, 0.3) is 0 Å². The van der Waals surface area contributed by atoms with E-state index in [9.17, 15) is 8.42 Å². The van der Waals surface area contributed by atoms with E-state index in [1.54, 1.807) is 18.2 Å². The van der Waals surface area contributed by atoms with Gasteiger partial charge in [0, 0.05) is 25.2 Å². The third-order valence-electron chi connectivity index (χ3n) is 2.53. The molecule has 0 bridgehead atoms. The molecule has 1 aromatic carbocycles. The van der Waals surface area contributed by atoms with Gasteiger partial charge in [-0.2, -0.15) is 0 Å². The number of sulfone groups is 1. The van der Waals surface area contributed by atoms with E-state index in [4.69, 9.17) is 11.6 Å². The molecule has 0 aliphatic heterocycles. The molecule has 1 rings (SSSR count). The first-order valence-electron chi connectivity index (χ1n) is 4.95. The predicted molar refractivity (Wildman–Crippen MR) is 68.1 cm³/mol. The van der Waals surface area contributed by atoms with Crippen LogP contribution in [-0.4, -0.2) is 33.6 Å². The summed E-state index contributed by atoms with van der Waals surface area (Å²) < 4.78 is 23.2. The van der Waals surface area contributed by atoms with Gasteiger partial charge in [-0.25, -0.2) is 8.42 Å². The summed E-state index contributed by atoms with van der Waals surface area (Å²) >= 11 is 5.77. The average Bonchev–Trinajstić information content (AvgIpc) is 2.26. The topological polar surface area (TPSA) is 37.4 Å². The highest BCUT2D eigenvalue weighted by atomic mass is 35.5. The Balaban J connectivity index is 3.24. The Morgan fingerprint density at radius 1 is 1.38 bits per heavy atom.